The van der Waals surface area contributed by atoms with Gasteiger partial charge in [-0.2, -0.15) is 0 Å². The van der Waals surface area contributed by atoms with Crippen LogP contribution in [0.5, 0.6) is 0 Å². The Morgan fingerprint density at radius 1 is 1.24 bits per heavy atom. The number of nitrogens with zero attached hydrogens (tertiary/aromatic N) is 3. The quantitative estimate of drug-likeness (QED) is 0.845. The van der Waals surface area contributed by atoms with Gasteiger partial charge in [-0.1, -0.05) is 0 Å². The molecule has 0 atom stereocenters. The molecule has 1 amide bonds. The van der Waals surface area contributed by atoms with Gasteiger partial charge in [0.25, 0.3) is 5.56 Å². The maximum atomic E-state index is 12.4. The van der Waals surface area contributed by atoms with E-state index in [1.807, 2.05) is 0 Å². The monoisotopic (exact) mass is 307 g/mol. The van der Waals surface area contributed by atoms with Gasteiger partial charge in [-0.3, -0.25) is 18.7 Å². The molecule has 0 N–H and O–H groups in total. The van der Waals surface area contributed by atoms with Gasteiger partial charge in [0, 0.05) is 19.6 Å². The molecule has 0 spiro atoms. The van der Waals surface area contributed by atoms with Gasteiger partial charge < -0.3 is 4.90 Å². The van der Waals surface area contributed by atoms with Crippen LogP contribution in [-0.4, -0.2) is 33.0 Å². The maximum Gasteiger partial charge on any atom is 0.331 e. The average Bonchev–Trinajstić information content (AvgIpc) is 3.14. The van der Waals surface area contributed by atoms with Crippen molar-refractivity contribution in [3.05, 3.63) is 32.3 Å². The van der Waals surface area contributed by atoms with Crippen LogP contribution in [0.2, 0.25) is 0 Å². The summed E-state index contributed by atoms with van der Waals surface area (Å²) in [5.41, 5.74) is -0.106. The van der Waals surface area contributed by atoms with Crippen molar-refractivity contribution >= 4 is 27.5 Å². The van der Waals surface area contributed by atoms with Crippen molar-refractivity contribution in [3.8, 4) is 0 Å². The molecule has 2 aromatic heterocycles. The lowest BCUT2D eigenvalue weighted by molar-refractivity contribution is -0.130. The third-order valence-corrected chi connectivity index (χ3v) is 4.80. The third-order valence-electron chi connectivity index (χ3n) is 3.90. The van der Waals surface area contributed by atoms with E-state index in [0.29, 0.717) is 16.8 Å². The summed E-state index contributed by atoms with van der Waals surface area (Å²) in [4.78, 5) is 38.7. The number of fused-ring (bicyclic) bond motifs is 1. The Balaban J connectivity index is 2.09. The second kappa shape index (κ2) is 5.48. The van der Waals surface area contributed by atoms with Crippen molar-refractivity contribution in [1.29, 1.82) is 0 Å². The molecule has 1 fully saturated rings. The minimum atomic E-state index is -0.402. The van der Waals surface area contributed by atoms with Crippen molar-refractivity contribution < 1.29 is 4.79 Å². The van der Waals surface area contributed by atoms with E-state index in [-0.39, 0.29) is 18.0 Å². The van der Waals surface area contributed by atoms with E-state index in [1.165, 1.54) is 20.5 Å². The molecule has 3 heterocycles. The van der Waals surface area contributed by atoms with Gasteiger partial charge in [0.1, 0.15) is 11.2 Å². The van der Waals surface area contributed by atoms with E-state index < -0.39 is 5.69 Å². The van der Waals surface area contributed by atoms with Crippen LogP contribution in [0.25, 0.3) is 10.2 Å². The highest BCUT2D eigenvalue weighted by Gasteiger charge is 2.21. The van der Waals surface area contributed by atoms with E-state index in [0.717, 1.165) is 25.9 Å². The van der Waals surface area contributed by atoms with Crippen molar-refractivity contribution in [2.75, 3.05) is 13.1 Å². The number of carbonyl (C=O) groups excluding carboxylic acids is 1. The molecule has 0 aromatic carbocycles. The van der Waals surface area contributed by atoms with E-state index in [4.69, 9.17) is 0 Å². The van der Waals surface area contributed by atoms with Gasteiger partial charge in [0.2, 0.25) is 5.91 Å². The van der Waals surface area contributed by atoms with E-state index in [9.17, 15) is 14.4 Å². The van der Waals surface area contributed by atoms with Crippen LogP contribution in [0.1, 0.15) is 19.8 Å². The van der Waals surface area contributed by atoms with Gasteiger partial charge in [-0.15, -0.1) is 11.3 Å². The van der Waals surface area contributed by atoms with Crippen LogP contribution in [-0.2, 0) is 17.9 Å². The summed E-state index contributed by atoms with van der Waals surface area (Å²) in [6.07, 6.45) is 2.03. The Labute approximate surface area is 125 Å². The molecule has 0 bridgehead atoms. The molecule has 0 unspecified atom stereocenters. The number of thiophene rings is 1. The summed E-state index contributed by atoms with van der Waals surface area (Å²) in [6, 6.07) is 1.74. The largest absolute Gasteiger partial charge is 0.341 e. The van der Waals surface area contributed by atoms with E-state index in [2.05, 4.69) is 0 Å². The maximum absolute atomic E-state index is 12.4. The van der Waals surface area contributed by atoms with Gasteiger partial charge in [0.15, 0.2) is 0 Å². The molecule has 0 aliphatic carbocycles. The van der Waals surface area contributed by atoms with Crippen molar-refractivity contribution in [2.24, 2.45) is 0 Å². The molecular formula is C14H17N3O3S. The molecule has 7 heteroatoms. The van der Waals surface area contributed by atoms with Crippen molar-refractivity contribution in [1.82, 2.24) is 14.0 Å². The van der Waals surface area contributed by atoms with Crippen molar-refractivity contribution in [3.63, 3.8) is 0 Å². The first kappa shape index (κ1) is 14.1. The normalized spacial score (nSPS) is 15.0. The number of amides is 1. The highest BCUT2D eigenvalue weighted by molar-refractivity contribution is 7.17. The van der Waals surface area contributed by atoms with Gasteiger partial charge in [-0.05, 0) is 31.2 Å². The molecule has 112 valence electrons. The molecule has 0 saturated carbocycles. The first-order chi connectivity index (χ1) is 10.1. The van der Waals surface area contributed by atoms with E-state index in [1.54, 1.807) is 23.3 Å². The fourth-order valence-electron chi connectivity index (χ4n) is 2.77. The minimum absolute atomic E-state index is 0.00630. The lowest BCUT2D eigenvalue weighted by Crippen LogP contribution is -2.42. The topological polar surface area (TPSA) is 64.3 Å². The fraction of sp³-hybridized carbons (Fsp3) is 0.500. The number of carbonyl (C=O) groups is 1. The molecule has 1 saturated heterocycles. The minimum Gasteiger partial charge on any atom is -0.341 e. The van der Waals surface area contributed by atoms with Crippen LogP contribution in [0, 0.1) is 0 Å². The summed E-state index contributed by atoms with van der Waals surface area (Å²) < 4.78 is 3.15. The van der Waals surface area contributed by atoms with Crippen LogP contribution in [0.15, 0.2) is 21.0 Å². The molecule has 0 radical (unpaired) electrons. The predicted molar refractivity (Wildman–Crippen MR) is 81.8 cm³/mol. The fourth-order valence-corrected chi connectivity index (χ4v) is 3.61. The Morgan fingerprint density at radius 2 is 1.95 bits per heavy atom. The SMILES string of the molecule is CCn1c(=O)c2sccc2n(CC(=O)N2CCCC2)c1=O. The Kier molecular flexibility index (Phi) is 3.67. The Bertz CT molecular complexity index is 796. The Morgan fingerprint density at radius 3 is 2.62 bits per heavy atom. The standard InChI is InChI=1S/C14H17N3O3S/c1-2-16-13(19)12-10(5-8-21-12)17(14(16)20)9-11(18)15-6-3-4-7-15/h5,8H,2-4,6-7,9H2,1H3. The summed E-state index contributed by atoms with van der Waals surface area (Å²) in [5, 5.41) is 1.78. The average molecular weight is 307 g/mol. The first-order valence-corrected chi connectivity index (χ1v) is 8.00. The smallest absolute Gasteiger partial charge is 0.331 e. The first-order valence-electron chi connectivity index (χ1n) is 7.12. The number of likely N-dealkylation sites (tertiary alicyclic amines) is 1. The zero-order valence-corrected chi connectivity index (χ0v) is 12.7. The second-order valence-corrected chi connectivity index (χ2v) is 6.06. The lowest BCUT2D eigenvalue weighted by atomic mass is 10.4. The van der Waals surface area contributed by atoms with Crippen molar-refractivity contribution in [2.45, 2.75) is 32.9 Å². The molecule has 3 rings (SSSR count). The number of aromatic nitrogens is 2. The summed E-state index contributed by atoms with van der Waals surface area (Å²) in [5.74, 6) is -0.0524. The molecule has 6 nitrogen and oxygen atoms in total. The third kappa shape index (κ3) is 2.31. The number of hydrogen-bond acceptors (Lipinski definition) is 4. The number of hydrogen-bond donors (Lipinski definition) is 0. The zero-order valence-electron chi connectivity index (χ0n) is 11.9. The number of rotatable bonds is 3. The highest BCUT2D eigenvalue weighted by atomic mass is 32.1. The van der Waals surface area contributed by atoms with Crippen LogP contribution < -0.4 is 11.2 Å². The Hall–Kier alpha value is -1.89. The molecule has 2 aromatic rings. The molecule has 21 heavy (non-hydrogen) atoms. The van der Waals surface area contributed by atoms with Gasteiger partial charge in [0.05, 0.1) is 5.52 Å². The van der Waals surface area contributed by atoms with Crippen LogP contribution >= 0.6 is 11.3 Å². The lowest BCUT2D eigenvalue weighted by Gasteiger charge is -2.17. The van der Waals surface area contributed by atoms with Gasteiger partial charge in [-0.25, -0.2) is 4.79 Å². The summed E-state index contributed by atoms with van der Waals surface area (Å²) >= 11 is 1.31. The summed E-state index contributed by atoms with van der Waals surface area (Å²) in [7, 11) is 0. The van der Waals surface area contributed by atoms with Crippen LogP contribution in [0.3, 0.4) is 0 Å². The summed E-state index contributed by atoms with van der Waals surface area (Å²) in [6.45, 7) is 3.59. The van der Waals surface area contributed by atoms with Crippen LogP contribution in [0.4, 0.5) is 0 Å². The molecule has 1 aliphatic rings. The predicted octanol–water partition coefficient (Wildman–Crippen LogP) is 0.867. The van der Waals surface area contributed by atoms with Gasteiger partial charge >= 0.3 is 5.69 Å². The molecular weight excluding hydrogens is 290 g/mol. The zero-order chi connectivity index (χ0) is 15.0. The van der Waals surface area contributed by atoms with E-state index >= 15 is 0 Å². The second-order valence-electron chi connectivity index (χ2n) is 5.14. The highest BCUT2D eigenvalue weighted by Crippen LogP contribution is 2.16. The molecule has 1 aliphatic heterocycles.